The van der Waals surface area contributed by atoms with Gasteiger partial charge in [0.05, 0.1) is 5.56 Å². The standard InChI is InChI=1S/C29H29N5O2/c1-28(2,3)21-12-7-18(8-13-21)24-31-33-26(35-24)20-11-16-23(30-17-20)27-34-32-25(36-27)19-9-14-22(15-10-19)29(4,5)6/h7-17H,1-6H3. The topological polar surface area (TPSA) is 90.7 Å². The lowest BCUT2D eigenvalue weighted by atomic mass is 9.87. The first-order chi connectivity index (χ1) is 17.1. The summed E-state index contributed by atoms with van der Waals surface area (Å²) in [6.45, 7) is 13.1. The van der Waals surface area contributed by atoms with Gasteiger partial charge in [-0.2, -0.15) is 0 Å². The molecule has 0 saturated carbocycles. The summed E-state index contributed by atoms with van der Waals surface area (Å²) in [5.41, 5.74) is 5.68. The summed E-state index contributed by atoms with van der Waals surface area (Å²) in [5, 5.41) is 16.8. The average Bonchev–Trinajstić information content (AvgIpc) is 3.54. The highest BCUT2D eigenvalue weighted by Crippen LogP contribution is 2.29. The van der Waals surface area contributed by atoms with Gasteiger partial charge in [-0.15, -0.1) is 20.4 Å². The van der Waals surface area contributed by atoms with Crippen LogP contribution in [0.5, 0.6) is 0 Å². The van der Waals surface area contributed by atoms with Crippen molar-refractivity contribution >= 4 is 0 Å². The van der Waals surface area contributed by atoms with Gasteiger partial charge in [-0.05, 0) is 58.4 Å². The minimum atomic E-state index is 0.0835. The summed E-state index contributed by atoms with van der Waals surface area (Å²) >= 11 is 0. The molecule has 2 aromatic carbocycles. The molecule has 3 aromatic heterocycles. The quantitative estimate of drug-likeness (QED) is 0.271. The Labute approximate surface area is 210 Å². The summed E-state index contributed by atoms with van der Waals surface area (Å²) < 4.78 is 11.8. The highest BCUT2D eigenvalue weighted by Gasteiger charge is 2.18. The monoisotopic (exact) mass is 479 g/mol. The summed E-state index contributed by atoms with van der Waals surface area (Å²) in [7, 11) is 0. The van der Waals surface area contributed by atoms with Crippen molar-refractivity contribution in [3.8, 4) is 45.9 Å². The Morgan fingerprint density at radius 2 is 0.861 bits per heavy atom. The molecule has 0 aliphatic rings. The third-order valence-corrected chi connectivity index (χ3v) is 6.08. The molecule has 3 heterocycles. The Hall–Kier alpha value is -4.13. The lowest BCUT2D eigenvalue weighted by molar-refractivity contribution is 0.578. The number of benzene rings is 2. The third-order valence-electron chi connectivity index (χ3n) is 6.08. The molecule has 5 rings (SSSR count). The Morgan fingerprint density at radius 1 is 0.472 bits per heavy atom. The average molecular weight is 480 g/mol. The van der Waals surface area contributed by atoms with E-state index in [1.807, 2.05) is 30.3 Å². The van der Waals surface area contributed by atoms with Gasteiger partial charge in [0, 0.05) is 17.3 Å². The molecule has 0 spiro atoms. The van der Waals surface area contributed by atoms with Crippen LogP contribution in [0.25, 0.3) is 45.9 Å². The van der Waals surface area contributed by atoms with E-state index in [0.29, 0.717) is 34.8 Å². The number of aromatic nitrogens is 5. The molecule has 0 atom stereocenters. The first kappa shape index (κ1) is 23.6. The van der Waals surface area contributed by atoms with E-state index < -0.39 is 0 Å². The number of hydrogen-bond donors (Lipinski definition) is 0. The van der Waals surface area contributed by atoms with Crippen LogP contribution in [0, 0.1) is 0 Å². The third kappa shape index (κ3) is 4.82. The predicted octanol–water partition coefficient (Wildman–Crippen LogP) is 7.11. The zero-order valence-electron chi connectivity index (χ0n) is 21.4. The van der Waals surface area contributed by atoms with Crippen molar-refractivity contribution in [2.24, 2.45) is 0 Å². The number of nitrogens with zero attached hydrogens (tertiary/aromatic N) is 5. The molecule has 36 heavy (non-hydrogen) atoms. The van der Waals surface area contributed by atoms with Crippen LogP contribution >= 0.6 is 0 Å². The fourth-order valence-electron chi connectivity index (χ4n) is 3.77. The molecule has 0 amide bonds. The molecule has 0 bridgehead atoms. The number of pyridine rings is 1. The molecular formula is C29H29N5O2. The van der Waals surface area contributed by atoms with Crippen molar-refractivity contribution in [3.63, 3.8) is 0 Å². The van der Waals surface area contributed by atoms with E-state index in [2.05, 4.69) is 91.2 Å². The smallest absolute Gasteiger partial charge is 0.266 e. The molecule has 7 heteroatoms. The fourth-order valence-corrected chi connectivity index (χ4v) is 3.77. The molecule has 5 aromatic rings. The Kier molecular flexibility index (Phi) is 5.79. The van der Waals surface area contributed by atoms with Crippen molar-refractivity contribution in [2.75, 3.05) is 0 Å². The van der Waals surface area contributed by atoms with E-state index in [4.69, 9.17) is 8.83 Å². The van der Waals surface area contributed by atoms with E-state index >= 15 is 0 Å². The molecule has 0 aliphatic carbocycles. The number of hydrogen-bond acceptors (Lipinski definition) is 7. The summed E-state index contributed by atoms with van der Waals surface area (Å²) in [6, 6.07) is 20.0. The first-order valence-electron chi connectivity index (χ1n) is 11.9. The predicted molar refractivity (Wildman–Crippen MR) is 139 cm³/mol. The van der Waals surface area contributed by atoms with Gasteiger partial charge in [-0.25, -0.2) is 0 Å². The Bertz CT molecular complexity index is 1350. The molecule has 0 fully saturated rings. The van der Waals surface area contributed by atoms with E-state index in [9.17, 15) is 0 Å². The van der Waals surface area contributed by atoms with Crippen LogP contribution in [-0.4, -0.2) is 25.4 Å². The maximum atomic E-state index is 5.91. The van der Waals surface area contributed by atoms with Gasteiger partial charge in [0.2, 0.25) is 17.7 Å². The zero-order chi connectivity index (χ0) is 25.5. The lowest BCUT2D eigenvalue weighted by Crippen LogP contribution is -2.10. The van der Waals surface area contributed by atoms with Crippen molar-refractivity contribution in [2.45, 2.75) is 52.4 Å². The van der Waals surface area contributed by atoms with Gasteiger partial charge in [0.25, 0.3) is 5.89 Å². The van der Waals surface area contributed by atoms with Crippen LogP contribution < -0.4 is 0 Å². The number of rotatable bonds is 4. The molecule has 182 valence electrons. The first-order valence-corrected chi connectivity index (χ1v) is 11.9. The highest BCUT2D eigenvalue weighted by molar-refractivity contribution is 5.61. The SMILES string of the molecule is CC(C)(C)c1ccc(-c2nnc(-c3ccc(-c4nnc(-c5ccc(C(C)(C)C)cc5)o4)nc3)o2)cc1. The fraction of sp³-hybridized carbons (Fsp3) is 0.276. The van der Waals surface area contributed by atoms with Gasteiger partial charge >= 0.3 is 0 Å². The summed E-state index contributed by atoms with van der Waals surface area (Å²) in [6.07, 6.45) is 1.66. The second kappa shape index (κ2) is 8.82. The Morgan fingerprint density at radius 3 is 1.28 bits per heavy atom. The second-order valence-electron chi connectivity index (χ2n) is 10.9. The van der Waals surface area contributed by atoms with Gasteiger partial charge < -0.3 is 8.83 Å². The molecular weight excluding hydrogens is 450 g/mol. The van der Waals surface area contributed by atoms with E-state index in [1.165, 1.54) is 11.1 Å². The van der Waals surface area contributed by atoms with Crippen molar-refractivity contribution < 1.29 is 8.83 Å². The molecule has 0 unspecified atom stereocenters. The van der Waals surface area contributed by atoms with E-state index in [-0.39, 0.29) is 10.8 Å². The van der Waals surface area contributed by atoms with E-state index in [0.717, 1.165) is 11.1 Å². The van der Waals surface area contributed by atoms with Crippen molar-refractivity contribution in [3.05, 3.63) is 78.0 Å². The van der Waals surface area contributed by atoms with Crippen LogP contribution in [0.4, 0.5) is 0 Å². The second-order valence-corrected chi connectivity index (χ2v) is 10.9. The van der Waals surface area contributed by atoms with Crippen molar-refractivity contribution in [1.29, 1.82) is 0 Å². The van der Waals surface area contributed by atoms with Gasteiger partial charge in [0.1, 0.15) is 5.69 Å². The van der Waals surface area contributed by atoms with Gasteiger partial charge in [-0.1, -0.05) is 65.8 Å². The molecule has 0 N–H and O–H groups in total. The normalized spacial score (nSPS) is 12.2. The van der Waals surface area contributed by atoms with Crippen LogP contribution in [0.2, 0.25) is 0 Å². The largest absolute Gasteiger partial charge is 0.416 e. The van der Waals surface area contributed by atoms with Crippen LogP contribution in [-0.2, 0) is 10.8 Å². The minimum Gasteiger partial charge on any atom is -0.416 e. The molecule has 0 radical (unpaired) electrons. The van der Waals surface area contributed by atoms with Crippen molar-refractivity contribution in [1.82, 2.24) is 25.4 Å². The maximum Gasteiger partial charge on any atom is 0.266 e. The van der Waals surface area contributed by atoms with Gasteiger partial charge in [0.15, 0.2) is 0 Å². The molecule has 7 nitrogen and oxygen atoms in total. The van der Waals surface area contributed by atoms with Gasteiger partial charge in [-0.3, -0.25) is 4.98 Å². The van der Waals surface area contributed by atoms with Crippen LogP contribution in [0.15, 0.2) is 75.7 Å². The maximum absolute atomic E-state index is 5.91. The minimum absolute atomic E-state index is 0.0835. The summed E-state index contributed by atoms with van der Waals surface area (Å²) in [5.74, 6) is 1.67. The summed E-state index contributed by atoms with van der Waals surface area (Å²) in [4.78, 5) is 4.48. The van der Waals surface area contributed by atoms with Crippen LogP contribution in [0.3, 0.4) is 0 Å². The van der Waals surface area contributed by atoms with Crippen LogP contribution in [0.1, 0.15) is 52.7 Å². The Balaban J connectivity index is 1.32. The lowest BCUT2D eigenvalue weighted by Gasteiger charge is -2.18. The van der Waals surface area contributed by atoms with E-state index in [1.54, 1.807) is 12.3 Å². The molecule has 0 aliphatic heterocycles. The highest BCUT2D eigenvalue weighted by atomic mass is 16.4. The molecule has 0 saturated heterocycles. The zero-order valence-corrected chi connectivity index (χ0v) is 21.4.